The van der Waals surface area contributed by atoms with Crippen LogP contribution >= 0.6 is 0 Å². The minimum atomic E-state index is -4.28. The zero-order chi connectivity index (χ0) is 11.5. The maximum atomic E-state index is 12.0. The van der Waals surface area contributed by atoms with Crippen molar-refractivity contribution in [2.24, 2.45) is 4.99 Å². The molecule has 0 bridgehead atoms. The summed E-state index contributed by atoms with van der Waals surface area (Å²) in [4.78, 5) is 14.7. The second-order valence-electron chi connectivity index (χ2n) is 2.98. The molecule has 1 aliphatic heterocycles. The van der Waals surface area contributed by atoms with Gasteiger partial charge in [0, 0.05) is 0 Å². The van der Waals surface area contributed by atoms with Crippen molar-refractivity contribution in [1.82, 2.24) is 0 Å². The number of rotatable bonds is 3. The van der Waals surface area contributed by atoms with Crippen LogP contribution in [0, 0.1) is 0 Å². The molecule has 0 N–H and O–H groups in total. The SMILES string of the molecule is CCOC(=O)C1=NC(CC(F)(F)F)C=C1. The average Bonchev–Trinajstić information content (AvgIpc) is 2.50. The highest BCUT2D eigenvalue weighted by molar-refractivity contribution is 6.41. The van der Waals surface area contributed by atoms with Crippen LogP contribution in [0.25, 0.3) is 0 Å². The van der Waals surface area contributed by atoms with Crippen molar-refractivity contribution >= 4 is 11.7 Å². The van der Waals surface area contributed by atoms with Crippen LogP contribution in [-0.2, 0) is 9.53 Å². The lowest BCUT2D eigenvalue weighted by atomic mass is 10.2. The summed E-state index contributed by atoms with van der Waals surface area (Å²) >= 11 is 0. The third-order valence-corrected chi connectivity index (χ3v) is 1.71. The summed E-state index contributed by atoms with van der Waals surface area (Å²) in [5.74, 6) is -0.682. The van der Waals surface area contributed by atoms with Crippen LogP contribution in [-0.4, -0.2) is 30.5 Å². The molecule has 1 unspecified atom stereocenters. The minimum absolute atomic E-state index is 0.0499. The highest BCUT2D eigenvalue weighted by Crippen LogP contribution is 2.25. The van der Waals surface area contributed by atoms with Crippen LogP contribution < -0.4 is 0 Å². The molecule has 0 radical (unpaired) electrons. The molecule has 0 saturated carbocycles. The van der Waals surface area contributed by atoms with Gasteiger partial charge >= 0.3 is 12.1 Å². The predicted molar refractivity (Wildman–Crippen MR) is 47.7 cm³/mol. The van der Waals surface area contributed by atoms with Crippen LogP contribution in [0.1, 0.15) is 13.3 Å². The fourth-order valence-corrected chi connectivity index (χ4v) is 1.14. The van der Waals surface area contributed by atoms with Crippen LogP contribution in [0.5, 0.6) is 0 Å². The topological polar surface area (TPSA) is 38.7 Å². The van der Waals surface area contributed by atoms with Crippen molar-refractivity contribution in [3.63, 3.8) is 0 Å². The molecule has 1 heterocycles. The average molecular weight is 221 g/mol. The highest BCUT2D eigenvalue weighted by Gasteiger charge is 2.32. The Balaban J connectivity index is 2.56. The fraction of sp³-hybridized carbons (Fsp3) is 0.556. The Kier molecular flexibility index (Phi) is 3.49. The summed E-state index contributed by atoms with van der Waals surface area (Å²) < 4.78 is 40.5. The van der Waals surface area contributed by atoms with Crippen LogP contribution in [0.3, 0.4) is 0 Å². The lowest BCUT2D eigenvalue weighted by Gasteiger charge is -2.08. The molecule has 0 aromatic heterocycles. The molecule has 0 fully saturated rings. The molecule has 1 aliphatic rings. The molecule has 0 spiro atoms. The first-order chi connectivity index (χ1) is 6.92. The van der Waals surface area contributed by atoms with Gasteiger partial charge in [-0.3, -0.25) is 4.99 Å². The molecular weight excluding hydrogens is 211 g/mol. The van der Waals surface area contributed by atoms with Gasteiger partial charge in [0.2, 0.25) is 0 Å². The molecule has 0 aliphatic carbocycles. The first-order valence-corrected chi connectivity index (χ1v) is 4.42. The fourth-order valence-electron chi connectivity index (χ4n) is 1.14. The smallest absolute Gasteiger partial charge is 0.391 e. The monoisotopic (exact) mass is 221 g/mol. The second kappa shape index (κ2) is 4.46. The molecule has 1 atom stereocenters. The maximum Gasteiger partial charge on any atom is 0.391 e. The summed E-state index contributed by atoms with van der Waals surface area (Å²) in [7, 11) is 0. The normalized spacial score (nSPS) is 20.3. The van der Waals surface area contributed by atoms with Gasteiger partial charge in [0.1, 0.15) is 5.71 Å². The molecule has 0 aromatic rings. The van der Waals surface area contributed by atoms with E-state index in [1.807, 2.05) is 0 Å². The van der Waals surface area contributed by atoms with E-state index in [2.05, 4.69) is 9.73 Å². The Labute approximate surface area is 84.6 Å². The summed E-state index contributed by atoms with van der Waals surface area (Å²) in [5, 5.41) is 0. The summed E-state index contributed by atoms with van der Waals surface area (Å²) in [6.07, 6.45) is -2.82. The summed E-state index contributed by atoms with van der Waals surface area (Å²) in [5.41, 5.74) is -0.0499. The van der Waals surface area contributed by atoms with Gasteiger partial charge in [-0.1, -0.05) is 6.08 Å². The molecule has 0 saturated heterocycles. The number of esters is 1. The largest absolute Gasteiger partial charge is 0.461 e. The zero-order valence-electron chi connectivity index (χ0n) is 8.04. The number of hydrogen-bond donors (Lipinski definition) is 0. The van der Waals surface area contributed by atoms with E-state index in [1.54, 1.807) is 6.92 Å². The Hall–Kier alpha value is -1.33. The Morgan fingerprint density at radius 2 is 2.27 bits per heavy atom. The van der Waals surface area contributed by atoms with Crippen molar-refractivity contribution in [1.29, 1.82) is 0 Å². The molecule has 1 rings (SSSR count). The van der Waals surface area contributed by atoms with Crippen molar-refractivity contribution in [2.45, 2.75) is 25.6 Å². The minimum Gasteiger partial charge on any atom is -0.461 e. The standard InChI is InChI=1S/C9H10F3NO2/c1-2-15-8(14)7-4-3-6(13-7)5-9(10,11)12/h3-4,6H,2,5H2,1H3. The Morgan fingerprint density at radius 1 is 1.60 bits per heavy atom. The highest BCUT2D eigenvalue weighted by atomic mass is 19.4. The van der Waals surface area contributed by atoms with Gasteiger partial charge in [-0.15, -0.1) is 0 Å². The number of carbonyl (C=O) groups is 1. The first kappa shape index (κ1) is 11.7. The number of hydrogen-bond acceptors (Lipinski definition) is 3. The molecule has 0 aromatic carbocycles. The van der Waals surface area contributed by atoms with E-state index < -0.39 is 24.6 Å². The molecule has 3 nitrogen and oxygen atoms in total. The quantitative estimate of drug-likeness (QED) is 0.682. The van der Waals surface area contributed by atoms with Crippen LogP contribution in [0.15, 0.2) is 17.1 Å². The van der Waals surface area contributed by atoms with Gasteiger partial charge < -0.3 is 4.74 Å². The van der Waals surface area contributed by atoms with E-state index in [-0.39, 0.29) is 12.3 Å². The Bertz CT molecular complexity index is 307. The third kappa shape index (κ3) is 3.73. The van der Waals surface area contributed by atoms with Crippen molar-refractivity contribution < 1.29 is 22.7 Å². The van der Waals surface area contributed by atoms with Crippen molar-refractivity contribution in [2.75, 3.05) is 6.61 Å². The molecule has 6 heteroatoms. The third-order valence-electron chi connectivity index (χ3n) is 1.71. The van der Waals surface area contributed by atoms with Gasteiger partial charge in [0.25, 0.3) is 0 Å². The molecule has 84 valence electrons. The number of alkyl halides is 3. The summed E-state index contributed by atoms with van der Waals surface area (Å²) in [6.45, 7) is 1.79. The van der Waals surface area contributed by atoms with E-state index in [0.29, 0.717) is 0 Å². The Morgan fingerprint density at radius 3 is 2.80 bits per heavy atom. The van der Waals surface area contributed by atoms with E-state index in [9.17, 15) is 18.0 Å². The first-order valence-electron chi connectivity index (χ1n) is 4.42. The van der Waals surface area contributed by atoms with Gasteiger partial charge in [-0.25, -0.2) is 4.79 Å². The van der Waals surface area contributed by atoms with E-state index >= 15 is 0 Å². The number of carbonyl (C=O) groups excluding carboxylic acids is 1. The van der Waals surface area contributed by atoms with E-state index in [4.69, 9.17) is 0 Å². The predicted octanol–water partition coefficient (Wildman–Crippen LogP) is 1.88. The second-order valence-corrected chi connectivity index (χ2v) is 2.98. The van der Waals surface area contributed by atoms with E-state index in [1.165, 1.54) is 12.2 Å². The van der Waals surface area contributed by atoms with Crippen LogP contribution in [0.4, 0.5) is 13.2 Å². The van der Waals surface area contributed by atoms with Crippen LogP contribution in [0.2, 0.25) is 0 Å². The van der Waals surface area contributed by atoms with Gasteiger partial charge in [0.05, 0.1) is 19.1 Å². The summed E-state index contributed by atoms with van der Waals surface area (Å²) in [6, 6.07) is -0.996. The number of nitrogens with zero attached hydrogens (tertiary/aromatic N) is 1. The molecular formula is C9H10F3NO2. The van der Waals surface area contributed by atoms with Crippen molar-refractivity contribution in [3.8, 4) is 0 Å². The van der Waals surface area contributed by atoms with Gasteiger partial charge in [0.15, 0.2) is 0 Å². The maximum absolute atomic E-state index is 12.0. The molecule has 0 amide bonds. The van der Waals surface area contributed by atoms with Gasteiger partial charge in [-0.2, -0.15) is 13.2 Å². The van der Waals surface area contributed by atoms with Gasteiger partial charge in [-0.05, 0) is 13.0 Å². The lowest BCUT2D eigenvalue weighted by molar-refractivity contribution is -0.137. The number of aliphatic imine (C=N–C) groups is 1. The zero-order valence-corrected chi connectivity index (χ0v) is 8.04. The van der Waals surface area contributed by atoms with E-state index in [0.717, 1.165) is 0 Å². The number of halogens is 3. The lowest BCUT2D eigenvalue weighted by Crippen LogP contribution is -2.17. The van der Waals surface area contributed by atoms with Crippen molar-refractivity contribution in [3.05, 3.63) is 12.2 Å². The molecule has 15 heavy (non-hydrogen) atoms. The number of ether oxygens (including phenoxy) is 1.